The van der Waals surface area contributed by atoms with Crippen LogP contribution in [0.3, 0.4) is 0 Å². The van der Waals surface area contributed by atoms with Gasteiger partial charge in [-0.3, -0.25) is 9.48 Å². The lowest BCUT2D eigenvalue weighted by atomic mass is 10.2. The van der Waals surface area contributed by atoms with E-state index in [1.165, 1.54) is 0 Å². The summed E-state index contributed by atoms with van der Waals surface area (Å²) in [6.07, 6.45) is 2.83. The third-order valence-electron chi connectivity index (χ3n) is 3.13. The van der Waals surface area contributed by atoms with E-state index in [0.717, 1.165) is 30.8 Å². The summed E-state index contributed by atoms with van der Waals surface area (Å²) < 4.78 is 1.69. The molecule has 2 heterocycles. The second-order valence-corrected chi connectivity index (χ2v) is 4.33. The molecule has 1 saturated heterocycles. The fourth-order valence-electron chi connectivity index (χ4n) is 2.16. The Hall–Kier alpha value is -1.07. The molecule has 1 amide bonds. The van der Waals surface area contributed by atoms with Gasteiger partial charge in [0, 0.05) is 32.4 Å². The number of likely N-dealkylation sites (N-methyl/N-ethyl adjacent to an activating group) is 1. The molecule has 17 heavy (non-hydrogen) atoms. The molecule has 1 fully saturated rings. The van der Waals surface area contributed by atoms with Crippen LogP contribution in [0.5, 0.6) is 0 Å². The predicted molar refractivity (Wildman–Crippen MR) is 68.6 cm³/mol. The van der Waals surface area contributed by atoms with Crippen LogP contribution in [0.25, 0.3) is 0 Å². The highest BCUT2D eigenvalue weighted by atomic mass is 35.5. The number of aryl methyl sites for hydroxylation is 2. The Morgan fingerprint density at radius 1 is 1.59 bits per heavy atom. The van der Waals surface area contributed by atoms with Gasteiger partial charge in [-0.1, -0.05) is 0 Å². The molecule has 1 aromatic heterocycles. The number of amides is 1. The van der Waals surface area contributed by atoms with Crippen LogP contribution in [0.1, 0.15) is 22.5 Å². The van der Waals surface area contributed by atoms with Crippen molar-refractivity contribution in [2.75, 3.05) is 20.1 Å². The summed E-state index contributed by atoms with van der Waals surface area (Å²) in [5.41, 5.74) is 1.53. The lowest BCUT2D eigenvalue weighted by Crippen LogP contribution is -2.33. The van der Waals surface area contributed by atoms with Gasteiger partial charge in [0.25, 0.3) is 5.91 Å². The highest BCUT2D eigenvalue weighted by molar-refractivity contribution is 5.95. The second kappa shape index (κ2) is 5.51. The molecule has 0 spiro atoms. The van der Waals surface area contributed by atoms with E-state index in [0.29, 0.717) is 6.04 Å². The van der Waals surface area contributed by atoms with Gasteiger partial charge in [0.2, 0.25) is 0 Å². The fourth-order valence-corrected chi connectivity index (χ4v) is 2.16. The molecule has 2 rings (SSSR count). The molecule has 0 bridgehead atoms. The summed E-state index contributed by atoms with van der Waals surface area (Å²) >= 11 is 0. The SMILES string of the molecule is CNC1CCN(C(=O)c2cn(C)nc2C)C1.Cl. The Morgan fingerprint density at radius 2 is 2.29 bits per heavy atom. The summed E-state index contributed by atoms with van der Waals surface area (Å²) in [4.78, 5) is 14.1. The minimum absolute atomic E-state index is 0. The Morgan fingerprint density at radius 3 is 2.76 bits per heavy atom. The first-order chi connectivity index (χ1) is 7.61. The van der Waals surface area contributed by atoms with Gasteiger partial charge in [-0.2, -0.15) is 5.10 Å². The molecule has 0 radical (unpaired) electrons. The fraction of sp³-hybridized carbons (Fsp3) is 0.636. The third kappa shape index (κ3) is 2.79. The number of nitrogens with one attached hydrogen (secondary N) is 1. The van der Waals surface area contributed by atoms with E-state index in [4.69, 9.17) is 0 Å². The molecule has 1 unspecified atom stereocenters. The summed E-state index contributed by atoms with van der Waals surface area (Å²) in [6, 6.07) is 0.431. The molecule has 5 nitrogen and oxygen atoms in total. The molecule has 1 aliphatic heterocycles. The van der Waals surface area contributed by atoms with Gasteiger partial charge in [-0.05, 0) is 20.4 Å². The highest BCUT2D eigenvalue weighted by Gasteiger charge is 2.27. The quantitative estimate of drug-likeness (QED) is 0.845. The van der Waals surface area contributed by atoms with Gasteiger partial charge in [0.05, 0.1) is 11.3 Å². The topological polar surface area (TPSA) is 50.2 Å². The van der Waals surface area contributed by atoms with Gasteiger partial charge in [-0.15, -0.1) is 12.4 Å². The van der Waals surface area contributed by atoms with Crippen LogP contribution in [0.15, 0.2) is 6.20 Å². The summed E-state index contributed by atoms with van der Waals surface area (Å²) in [7, 11) is 3.78. The van der Waals surface area contributed by atoms with Gasteiger partial charge < -0.3 is 10.2 Å². The number of likely N-dealkylation sites (tertiary alicyclic amines) is 1. The van der Waals surface area contributed by atoms with E-state index in [1.807, 2.05) is 25.9 Å². The van der Waals surface area contributed by atoms with Crippen LogP contribution in [0, 0.1) is 6.92 Å². The van der Waals surface area contributed by atoms with E-state index < -0.39 is 0 Å². The van der Waals surface area contributed by atoms with Crippen LogP contribution in [0.4, 0.5) is 0 Å². The predicted octanol–water partition coefficient (Wildman–Crippen LogP) is 0.584. The Labute approximate surface area is 108 Å². The molecule has 1 aliphatic rings. The number of aromatic nitrogens is 2. The average Bonchev–Trinajstić information content (AvgIpc) is 2.84. The van der Waals surface area contributed by atoms with Crippen molar-refractivity contribution in [1.82, 2.24) is 20.0 Å². The molecule has 1 aromatic rings. The maximum atomic E-state index is 12.2. The number of rotatable bonds is 2. The number of halogens is 1. The molecule has 1 N–H and O–H groups in total. The van der Waals surface area contributed by atoms with Crippen LogP contribution < -0.4 is 5.32 Å². The van der Waals surface area contributed by atoms with Crippen LogP contribution >= 0.6 is 12.4 Å². The van der Waals surface area contributed by atoms with Crippen molar-refractivity contribution in [2.45, 2.75) is 19.4 Å². The van der Waals surface area contributed by atoms with E-state index in [2.05, 4.69) is 10.4 Å². The highest BCUT2D eigenvalue weighted by Crippen LogP contribution is 2.15. The van der Waals surface area contributed by atoms with Gasteiger partial charge >= 0.3 is 0 Å². The largest absolute Gasteiger partial charge is 0.337 e. The zero-order chi connectivity index (χ0) is 11.7. The zero-order valence-electron chi connectivity index (χ0n) is 10.4. The Kier molecular flexibility index (Phi) is 4.54. The monoisotopic (exact) mass is 258 g/mol. The first-order valence-electron chi connectivity index (χ1n) is 5.58. The zero-order valence-corrected chi connectivity index (χ0v) is 11.3. The van der Waals surface area contributed by atoms with Crippen molar-refractivity contribution < 1.29 is 4.79 Å². The number of nitrogens with zero attached hydrogens (tertiary/aromatic N) is 3. The van der Waals surface area contributed by atoms with E-state index in [1.54, 1.807) is 10.9 Å². The van der Waals surface area contributed by atoms with Crippen molar-refractivity contribution in [3.05, 3.63) is 17.5 Å². The Balaban J connectivity index is 0.00000144. The number of hydrogen-bond donors (Lipinski definition) is 1. The average molecular weight is 259 g/mol. The van der Waals surface area contributed by atoms with Crippen LogP contribution in [-0.4, -0.2) is 46.8 Å². The van der Waals surface area contributed by atoms with Crippen molar-refractivity contribution in [3.63, 3.8) is 0 Å². The minimum Gasteiger partial charge on any atom is -0.337 e. The smallest absolute Gasteiger partial charge is 0.257 e. The van der Waals surface area contributed by atoms with Crippen molar-refractivity contribution >= 4 is 18.3 Å². The van der Waals surface area contributed by atoms with Crippen molar-refractivity contribution in [2.24, 2.45) is 7.05 Å². The molecule has 0 aromatic carbocycles. The molecule has 1 atom stereocenters. The number of carbonyl (C=O) groups excluding carboxylic acids is 1. The van der Waals surface area contributed by atoms with E-state index >= 15 is 0 Å². The summed E-state index contributed by atoms with van der Waals surface area (Å²) in [6.45, 7) is 3.50. The van der Waals surface area contributed by atoms with Crippen LogP contribution in [-0.2, 0) is 7.05 Å². The van der Waals surface area contributed by atoms with E-state index in [-0.39, 0.29) is 18.3 Å². The number of hydrogen-bond acceptors (Lipinski definition) is 3. The first kappa shape index (κ1) is 14.0. The first-order valence-corrected chi connectivity index (χ1v) is 5.58. The normalized spacial score (nSPS) is 19.2. The molecular weight excluding hydrogens is 240 g/mol. The second-order valence-electron chi connectivity index (χ2n) is 4.33. The Bertz CT molecular complexity index is 404. The molecule has 6 heteroatoms. The summed E-state index contributed by atoms with van der Waals surface area (Å²) in [5.74, 6) is 0.100. The standard InChI is InChI=1S/C11H18N4O.ClH/c1-8-10(7-14(3)13-8)11(16)15-5-4-9(6-15)12-2;/h7,9,12H,4-6H2,1-3H3;1H. The molecule has 96 valence electrons. The van der Waals surface area contributed by atoms with E-state index in [9.17, 15) is 4.79 Å². The molecular formula is C11H19ClN4O. The molecule has 0 saturated carbocycles. The van der Waals surface area contributed by atoms with Crippen LogP contribution in [0.2, 0.25) is 0 Å². The van der Waals surface area contributed by atoms with Gasteiger partial charge in [-0.25, -0.2) is 0 Å². The van der Waals surface area contributed by atoms with Crippen molar-refractivity contribution in [3.8, 4) is 0 Å². The van der Waals surface area contributed by atoms with Crippen molar-refractivity contribution in [1.29, 1.82) is 0 Å². The minimum atomic E-state index is 0. The lowest BCUT2D eigenvalue weighted by molar-refractivity contribution is 0.0789. The number of carbonyl (C=O) groups is 1. The lowest BCUT2D eigenvalue weighted by Gasteiger charge is -2.15. The third-order valence-corrected chi connectivity index (χ3v) is 3.13. The van der Waals surface area contributed by atoms with Gasteiger partial charge in [0.1, 0.15) is 0 Å². The van der Waals surface area contributed by atoms with Gasteiger partial charge in [0.15, 0.2) is 0 Å². The molecule has 0 aliphatic carbocycles. The maximum absolute atomic E-state index is 12.2. The maximum Gasteiger partial charge on any atom is 0.257 e. The summed E-state index contributed by atoms with van der Waals surface area (Å²) in [5, 5.41) is 7.40.